The van der Waals surface area contributed by atoms with Gasteiger partial charge in [0.15, 0.2) is 5.65 Å². The highest BCUT2D eigenvalue weighted by molar-refractivity contribution is 5.93. The van der Waals surface area contributed by atoms with Crippen LogP contribution in [0.15, 0.2) is 18.3 Å². The molecule has 0 aromatic carbocycles. The summed E-state index contributed by atoms with van der Waals surface area (Å²) in [6, 6.07) is 3.52. The summed E-state index contributed by atoms with van der Waals surface area (Å²) in [4.78, 5) is 18.5. The fourth-order valence-electron chi connectivity index (χ4n) is 2.43. The minimum atomic E-state index is -0.183. The smallest absolute Gasteiger partial charge is 0.270 e. The molecule has 1 unspecified atom stereocenters. The molecule has 1 aliphatic rings. The van der Waals surface area contributed by atoms with E-state index in [1.165, 1.54) is 0 Å². The van der Waals surface area contributed by atoms with Gasteiger partial charge in [-0.25, -0.2) is 4.98 Å². The van der Waals surface area contributed by atoms with Crippen molar-refractivity contribution in [1.82, 2.24) is 19.9 Å². The molecular weight excluding hydrogens is 270 g/mol. The van der Waals surface area contributed by atoms with Gasteiger partial charge in [-0.15, -0.1) is 0 Å². The number of ether oxygens (including phenoxy) is 1. The molecule has 0 aliphatic carbocycles. The predicted molar refractivity (Wildman–Crippen MR) is 78.6 cm³/mol. The third-order valence-corrected chi connectivity index (χ3v) is 3.55. The van der Waals surface area contributed by atoms with E-state index in [-0.39, 0.29) is 12.0 Å². The number of rotatable bonds is 4. The minimum absolute atomic E-state index is 0.126. The zero-order chi connectivity index (χ0) is 14.8. The largest absolute Gasteiger partial charge is 0.376 e. The van der Waals surface area contributed by atoms with Crippen molar-refractivity contribution in [2.24, 2.45) is 0 Å². The molecule has 7 nitrogen and oxygen atoms in total. The summed E-state index contributed by atoms with van der Waals surface area (Å²) in [5, 5.41) is 7.10. The van der Waals surface area contributed by atoms with Crippen LogP contribution in [0.4, 0.5) is 5.82 Å². The van der Waals surface area contributed by atoms with Gasteiger partial charge in [0.05, 0.1) is 12.3 Å². The molecule has 3 rings (SSSR count). The van der Waals surface area contributed by atoms with E-state index in [1.807, 2.05) is 19.0 Å². The summed E-state index contributed by atoms with van der Waals surface area (Å²) in [7, 11) is 3.81. The Bertz CT molecular complexity index is 646. The first-order chi connectivity index (χ1) is 10.1. The molecule has 1 amide bonds. The molecule has 112 valence electrons. The standard InChI is InChI=1S/C14H19N5O2/c1-18(2)13-8-11(17-12-5-6-16-19(12)13)14(20)15-9-10-4-3-7-21-10/h5-6,8,10H,3-4,7,9H2,1-2H3,(H,15,20). The van der Waals surface area contributed by atoms with Crippen LogP contribution in [0.25, 0.3) is 5.65 Å². The van der Waals surface area contributed by atoms with E-state index < -0.39 is 0 Å². The van der Waals surface area contributed by atoms with E-state index in [9.17, 15) is 4.79 Å². The number of amides is 1. The molecule has 7 heteroatoms. The highest BCUT2D eigenvalue weighted by atomic mass is 16.5. The number of hydrogen-bond acceptors (Lipinski definition) is 5. The van der Waals surface area contributed by atoms with Crippen molar-refractivity contribution in [2.75, 3.05) is 32.1 Å². The average molecular weight is 289 g/mol. The SMILES string of the molecule is CN(C)c1cc(C(=O)NCC2CCCO2)nc2ccnn12. The first-order valence-corrected chi connectivity index (χ1v) is 7.07. The quantitative estimate of drug-likeness (QED) is 0.897. The molecule has 1 saturated heterocycles. The van der Waals surface area contributed by atoms with Crippen molar-refractivity contribution in [3.05, 3.63) is 24.0 Å². The normalized spacial score (nSPS) is 18.1. The van der Waals surface area contributed by atoms with E-state index in [4.69, 9.17) is 4.74 Å². The van der Waals surface area contributed by atoms with E-state index in [0.29, 0.717) is 17.9 Å². The Morgan fingerprint density at radius 2 is 2.43 bits per heavy atom. The highest BCUT2D eigenvalue weighted by Crippen LogP contribution is 2.15. The van der Waals surface area contributed by atoms with Crippen molar-refractivity contribution >= 4 is 17.4 Å². The number of aromatic nitrogens is 3. The number of nitrogens with one attached hydrogen (secondary N) is 1. The van der Waals surface area contributed by atoms with Gasteiger partial charge in [0, 0.05) is 39.4 Å². The summed E-state index contributed by atoms with van der Waals surface area (Å²) >= 11 is 0. The Hall–Kier alpha value is -2.15. The third-order valence-electron chi connectivity index (χ3n) is 3.55. The molecule has 0 radical (unpaired) electrons. The first kappa shape index (κ1) is 13.8. The molecular formula is C14H19N5O2. The van der Waals surface area contributed by atoms with Crippen LogP contribution in [0, 0.1) is 0 Å². The van der Waals surface area contributed by atoms with Crippen LogP contribution in [-0.4, -0.2) is 53.9 Å². The molecule has 1 fully saturated rings. The maximum Gasteiger partial charge on any atom is 0.270 e. The fourth-order valence-corrected chi connectivity index (χ4v) is 2.43. The van der Waals surface area contributed by atoms with Gasteiger partial charge in [-0.2, -0.15) is 9.61 Å². The number of carbonyl (C=O) groups excluding carboxylic acids is 1. The number of fused-ring (bicyclic) bond motifs is 1. The Balaban J connectivity index is 1.80. The molecule has 1 atom stereocenters. The Morgan fingerprint density at radius 1 is 1.57 bits per heavy atom. The topological polar surface area (TPSA) is 71.8 Å². The van der Waals surface area contributed by atoms with Crippen LogP contribution in [0.5, 0.6) is 0 Å². The minimum Gasteiger partial charge on any atom is -0.376 e. The van der Waals surface area contributed by atoms with Crippen molar-refractivity contribution in [3.63, 3.8) is 0 Å². The van der Waals surface area contributed by atoms with Gasteiger partial charge in [0.2, 0.25) is 0 Å². The maximum atomic E-state index is 12.3. The molecule has 0 bridgehead atoms. The van der Waals surface area contributed by atoms with E-state index in [0.717, 1.165) is 25.3 Å². The summed E-state index contributed by atoms with van der Waals surface area (Å²) in [6.45, 7) is 1.31. The van der Waals surface area contributed by atoms with Crippen LogP contribution in [0.2, 0.25) is 0 Å². The Morgan fingerprint density at radius 3 is 3.14 bits per heavy atom. The molecule has 0 saturated carbocycles. The molecule has 21 heavy (non-hydrogen) atoms. The number of hydrogen-bond donors (Lipinski definition) is 1. The summed E-state index contributed by atoms with van der Waals surface area (Å²) < 4.78 is 7.21. The summed E-state index contributed by atoms with van der Waals surface area (Å²) in [5.41, 5.74) is 1.05. The molecule has 2 aromatic heterocycles. The van der Waals surface area contributed by atoms with Gasteiger partial charge >= 0.3 is 0 Å². The van der Waals surface area contributed by atoms with Crippen molar-refractivity contribution in [3.8, 4) is 0 Å². The predicted octanol–water partition coefficient (Wildman–Crippen LogP) is 0.704. The Labute approximate surface area is 122 Å². The number of anilines is 1. The molecule has 2 aromatic rings. The van der Waals surface area contributed by atoms with Gasteiger partial charge < -0.3 is 15.0 Å². The van der Waals surface area contributed by atoms with Crippen LogP contribution < -0.4 is 10.2 Å². The lowest BCUT2D eigenvalue weighted by molar-refractivity contribution is 0.0854. The monoisotopic (exact) mass is 289 g/mol. The zero-order valence-electron chi connectivity index (χ0n) is 12.2. The second-order valence-corrected chi connectivity index (χ2v) is 5.34. The van der Waals surface area contributed by atoms with Crippen LogP contribution >= 0.6 is 0 Å². The van der Waals surface area contributed by atoms with Crippen molar-refractivity contribution in [1.29, 1.82) is 0 Å². The lowest BCUT2D eigenvalue weighted by Crippen LogP contribution is -2.32. The lowest BCUT2D eigenvalue weighted by Gasteiger charge is -2.15. The number of nitrogens with zero attached hydrogens (tertiary/aromatic N) is 4. The first-order valence-electron chi connectivity index (χ1n) is 7.07. The van der Waals surface area contributed by atoms with Crippen molar-refractivity contribution < 1.29 is 9.53 Å². The molecule has 3 heterocycles. The van der Waals surface area contributed by atoms with Gasteiger partial charge in [0.25, 0.3) is 5.91 Å². The summed E-state index contributed by atoms with van der Waals surface area (Å²) in [5.74, 6) is 0.629. The van der Waals surface area contributed by atoms with Gasteiger partial charge in [0.1, 0.15) is 11.5 Å². The van der Waals surface area contributed by atoms with E-state index in [2.05, 4.69) is 15.4 Å². The maximum absolute atomic E-state index is 12.3. The number of carbonyl (C=O) groups is 1. The fraction of sp³-hybridized carbons (Fsp3) is 0.500. The van der Waals surface area contributed by atoms with Gasteiger partial charge in [-0.3, -0.25) is 4.79 Å². The molecule has 1 aliphatic heterocycles. The molecule has 0 spiro atoms. The highest BCUT2D eigenvalue weighted by Gasteiger charge is 2.18. The van der Waals surface area contributed by atoms with E-state index in [1.54, 1.807) is 22.8 Å². The summed E-state index contributed by atoms with van der Waals surface area (Å²) in [6.07, 6.45) is 3.86. The second-order valence-electron chi connectivity index (χ2n) is 5.34. The Kier molecular flexibility index (Phi) is 3.74. The molecule has 1 N–H and O–H groups in total. The van der Waals surface area contributed by atoms with Gasteiger partial charge in [-0.05, 0) is 12.8 Å². The second kappa shape index (κ2) is 5.69. The van der Waals surface area contributed by atoms with Crippen LogP contribution in [0.1, 0.15) is 23.3 Å². The van der Waals surface area contributed by atoms with Gasteiger partial charge in [-0.1, -0.05) is 0 Å². The average Bonchev–Trinajstić information content (AvgIpc) is 3.14. The van der Waals surface area contributed by atoms with E-state index >= 15 is 0 Å². The lowest BCUT2D eigenvalue weighted by atomic mass is 10.2. The zero-order valence-corrected chi connectivity index (χ0v) is 12.2. The van der Waals surface area contributed by atoms with Crippen LogP contribution in [-0.2, 0) is 4.74 Å². The third kappa shape index (κ3) is 2.82. The van der Waals surface area contributed by atoms with Crippen molar-refractivity contribution in [2.45, 2.75) is 18.9 Å². The van der Waals surface area contributed by atoms with Crippen LogP contribution in [0.3, 0.4) is 0 Å².